The van der Waals surface area contributed by atoms with Crippen molar-refractivity contribution in [2.45, 2.75) is 39.2 Å². The molecule has 1 aliphatic heterocycles. The van der Waals surface area contributed by atoms with Gasteiger partial charge in [0.25, 0.3) is 0 Å². The molecule has 0 aromatic carbocycles. The van der Waals surface area contributed by atoms with Crippen LogP contribution in [0.5, 0.6) is 0 Å². The molecule has 1 saturated heterocycles. The summed E-state index contributed by atoms with van der Waals surface area (Å²) >= 11 is 0. The zero-order valence-corrected chi connectivity index (χ0v) is 14.9. The van der Waals surface area contributed by atoms with E-state index in [2.05, 4.69) is 5.32 Å². The maximum Gasteiger partial charge on any atom is 0.223 e. The molecule has 0 bridgehead atoms. The molecule has 6 nitrogen and oxygen atoms in total. The van der Waals surface area contributed by atoms with Crippen LogP contribution in [0.4, 0.5) is 0 Å². The number of hydrogen-bond acceptors (Lipinski definition) is 4. The molecule has 0 aliphatic carbocycles. The Hall–Kier alpha value is -0.370. The van der Waals surface area contributed by atoms with Gasteiger partial charge in [-0.2, -0.15) is 0 Å². The molecular formula is C13H28ClN3O3S. The molecule has 21 heavy (non-hydrogen) atoms. The van der Waals surface area contributed by atoms with Gasteiger partial charge in [-0.25, -0.2) is 12.7 Å². The Kier molecular flexibility index (Phi) is 7.62. The van der Waals surface area contributed by atoms with Crippen LogP contribution < -0.4 is 11.1 Å². The fraction of sp³-hybridized carbons (Fsp3) is 0.923. The standard InChI is InChI=1S/C13H27N3O3S.ClH/c1-10(2)13(3,9-14)15-12(17)11-5-7-16(8-6-11)20(4,18)19;/h10-11H,5-9,14H2,1-4H3,(H,15,17);1H. The quantitative estimate of drug-likeness (QED) is 0.764. The van der Waals surface area contributed by atoms with Gasteiger partial charge in [0.05, 0.1) is 11.8 Å². The minimum Gasteiger partial charge on any atom is -0.349 e. The number of piperidine rings is 1. The van der Waals surface area contributed by atoms with E-state index in [0.717, 1.165) is 0 Å². The van der Waals surface area contributed by atoms with Crippen molar-refractivity contribution >= 4 is 28.3 Å². The second-order valence-corrected chi connectivity index (χ2v) is 8.18. The van der Waals surface area contributed by atoms with Crippen LogP contribution in [0.15, 0.2) is 0 Å². The number of nitrogens with two attached hydrogens (primary N) is 1. The molecule has 0 aromatic rings. The van der Waals surface area contributed by atoms with Gasteiger partial charge in [0.2, 0.25) is 15.9 Å². The van der Waals surface area contributed by atoms with E-state index >= 15 is 0 Å². The van der Waals surface area contributed by atoms with Crippen LogP contribution in [-0.4, -0.2) is 50.1 Å². The van der Waals surface area contributed by atoms with Gasteiger partial charge in [0.1, 0.15) is 0 Å². The molecule has 8 heteroatoms. The highest BCUT2D eigenvalue weighted by Gasteiger charge is 2.34. The molecule has 0 spiro atoms. The number of hydrogen-bond donors (Lipinski definition) is 2. The van der Waals surface area contributed by atoms with Gasteiger partial charge in [-0.15, -0.1) is 12.4 Å². The summed E-state index contributed by atoms with van der Waals surface area (Å²) in [4.78, 5) is 12.3. The van der Waals surface area contributed by atoms with E-state index in [1.54, 1.807) is 0 Å². The fourth-order valence-corrected chi connectivity index (χ4v) is 3.14. The van der Waals surface area contributed by atoms with Crippen molar-refractivity contribution in [3.63, 3.8) is 0 Å². The molecule has 0 aromatic heterocycles. The topological polar surface area (TPSA) is 92.5 Å². The van der Waals surface area contributed by atoms with Crippen LogP contribution in [0.25, 0.3) is 0 Å². The lowest BCUT2D eigenvalue weighted by Crippen LogP contribution is -2.57. The van der Waals surface area contributed by atoms with Crippen LogP contribution in [0.3, 0.4) is 0 Å². The summed E-state index contributed by atoms with van der Waals surface area (Å²) < 4.78 is 24.3. The zero-order valence-electron chi connectivity index (χ0n) is 13.3. The second-order valence-electron chi connectivity index (χ2n) is 6.20. The van der Waals surface area contributed by atoms with Crippen LogP contribution in [0, 0.1) is 11.8 Å². The van der Waals surface area contributed by atoms with Crippen molar-refractivity contribution in [1.29, 1.82) is 0 Å². The van der Waals surface area contributed by atoms with E-state index in [0.29, 0.717) is 32.5 Å². The first-order valence-electron chi connectivity index (χ1n) is 7.07. The van der Waals surface area contributed by atoms with Gasteiger partial charge >= 0.3 is 0 Å². The van der Waals surface area contributed by atoms with E-state index in [9.17, 15) is 13.2 Å². The monoisotopic (exact) mass is 341 g/mol. The van der Waals surface area contributed by atoms with Crippen molar-refractivity contribution in [3.8, 4) is 0 Å². The number of nitrogens with zero attached hydrogens (tertiary/aromatic N) is 1. The fourth-order valence-electron chi connectivity index (χ4n) is 2.26. The zero-order chi connectivity index (χ0) is 15.6. The molecule has 1 rings (SSSR count). The van der Waals surface area contributed by atoms with Gasteiger partial charge in [0.15, 0.2) is 0 Å². The average Bonchev–Trinajstić information content (AvgIpc) is 2.37. The van der Waals surface area contributed by atoms with Gasteiger partial charge in [-0.05, 0) is 25.7 Å². The van der Waals surface area contributed by atoms with Gasteiger partial charge in [-0.3, -0.25) is 4.79 Å². The lowest BCUT2D eigenvalue weighted by Gasteiger charge is -2.36. The highest BCUT2D eigenvalue weighted by molar-refractivity contribution is 7.88. The van der Waals surface area contributed by atoms with Gasteiger partial charge < -0.3 is 11.1 Å². The number of carbonyl (C=O) groups is 1. The van der Waals surface area contributed by atoms with Crippen LogP contribution in [0.1, 0.15) is 33.6 Å². The number of nitrogens with one attached hydrogen (secondary N) is 1. The Bertz CT molecular complexity index is 448. The second kappa shape index (κ2) is 7.76. The van der Waals surface area contributed by atoms with Crippen molar-refractivity contribution in [3.05, 3.63) is 0 Å². The minimum absolute atomic E-state index is 0. The predicted octanol–water partition coefficient (Wildman–Crippen LogP) is 0.569. The summed E-state index contributed by atoms with van der Waals surface area (Å²) in [6.45, 7) is 7.22. The largest absolute Gasteiger partial charge is 0.349 e. The SMILES string of the molecule is CC(C)C(C)(CN)NC(=O)C1CCN(S(C)(=O)=O)CC1.Cl. The lowest BCUT2D eigenvalue weighted by atomic mass is 9.87. The van der Waals surface area contributed by atoms with E-state index in [4.69, 9.17) is 5.73 Å². The van der Waals surface area contributed by atoms with Crippen molar-refractivity contribution < 1.29 is 13.2 Å². The number of amides is 1. The molecule has 3 N–H and O–H groups in total. The van der Waals surface area contributed by atoms with E-state index in [-0.39, 0.29) is 30.2 Å². The Morgan fingerprint density at radius 1 is 1.38 bits per heavy atom. The summed E-state index contributed by atoms with van der Waals surface area (Å²) in [6.07, 6.45) is 2.34. The molecule has 1 fully saturated rings. The summed E-state index contributed by atoms with van der Waals surface area (Å²) in [7, 11) is -3.15. The predicted molar refractivity (Wildman–Crippen MR) is 86.8 cm³/mol. The molecule has 0 saturated carbocycles. The average molecular weight is 342 g/mol. The molecular weight excluding hydrogens is 314 g/mol. The molecule has 126 valence electrons. The number of halogens is 1. The normalized spacial score (nSPS) is 20.7. The molecule has 1 aliphatic rings. The van der Waals surface area contributed by atoms with Crippen molar-refractivity contribution in [2.24, 2.45) is 17.6 Å². The summed E-state index contributed by atoms with van der Waals surface area (Å²) in [5.41, 5.74) is 5.35. The van der Waals surface area contributed by atoms with Crippen LogP contribution in [0.2, 0.25) is 0 Å². The highest BCUT2D eigenvalue weighted by atomic mass is 35.5. The molecule has 1 amide bonds. The van der Waals surface area contributed by atoms with Crippen molar-refractivity contribution in [2.75, 3.05) is 25.9 Å². The molecule has 1 unspecified atom stereocenters. The summed E-state index contributed by atoms with van der Waals surface area (Å²) in [5.74, 6) is 0.102. The smallest absolute Gasteiger partial charge is 0.223 e. The van der Waals surface area contributed by atoms with Gasteiger partial charge in [-0.1, -0.05) is 13.8 Å². The Balaban J connectivity index is 0.00000400. The molecule has 1 heterocycles. The number of sulfonamides is 1. The van der Waals surface area contributed by atoms with Crippen LogP contribution >= 0.6 is 12.4 Å². The first-order valence-corrected chi connectivity index (χ1v) is 8.92. The maximum atomic E-state index is 12.3. The summed E-state index contributed by atoms with van der Waals surface area (Å²) in [5, 5.41) is 3.03. The van der Waals surface area contributed by atoms with E-state index in [1.165, 1.54) is 10.6 Å². The van der Waals surface area contributed by atoms with E-state index in [1.807, 2.05) is 20.8 Å². The maximum absolute atomic E-state index is 12.3. The first-order chi connectivity index (χ1) is 9.10. The first kappa shape index (κ1) is 20.6. The Morgan fingerprint density at radius 2 is 1.86 bits per heavy atom. The Labute approximate surface area is 134 Å². The number of carbonyl (C=O) groups excluding carboxylic acids is 1. The van der Waals surface area contributed by atoms with Crippen LogP contribution in [-0.2, 0) is 14.8 Å². The molecule has 1 atom stereocenters. The third kappa shape index (κ3) is 5.39. The van der Waals surface area contributed by atoms with E-state index < -0.39 is 15.6 Å². The minimum atomic E-state index is -3.15. The highest BCUT2D eigenvalue weighted by Crippen LogP contribution is 2.22. The third-order valence-corrected chi connectivity index (χ3v) is 5.70. The summed E-state index contributed by atoms with van der Waals surface area (Å²) in [6, 6.07) is 0. The lowest BCUT2D eigenvalue weighted by molar-refractivity contribution is -0.128. The van der Waals surface area contributed by atoms with Crippen molar-refractivity contribution in [1.82, 2.24) is 9.62 Å². The molecule has 0 radical (unpaired) electrons. The Morgan fingerprint density at radius 3 is 2.19 bits per heavy atom. The van der Waals surface area contributed by atoms with Gasteiger partial charge in [0, 0.05) is 25.6 Å². The number of rotatable bonds is 5. The third-order valence-electron chi connectivity index (χ3n) is 4.40.